The number of nitrogens with zero attached hydrogens (tertiary/aromatic N) is 2. The van der Waals surface area contributed by atoms with Crippen molar-refractivity contribution in [2.24, 2.45) is 5.10 Å². The van der Waals surface area contributed by atoms with Crippen molar-refractivity contribution in [3.05, 3.63) is 34.8 Å². The molecule has 0 atom stereocenters. The lowest BCUT2D eigenvalue weighted by Gasteiger charge is -2.11. The van der Waals surface area contributed by atoms with Crippen LogP contribution in [0.2, 0.25) is 0 Å². The number of carbonyl (C=O) groups is 2. The molecule has 1 heterocycles. The zero-order valence-corrected chi connectivity index (χ0v) is 18.7. The Morgan fingerprint density at radius 1 is 1.16 bits per heavy atom. The van der Waals surface area contributed by atoms with Crippen molar-refractivity contribution in [2.45, 2.75) is 33.1 Å². The fourth-order valence-electron chi connectivity index (χ4n) is 2.48. The Hall–Kier alpha value is -3.14. The van der Waals surface area contributed by atoms with Gasteiger partial charge in [0.1, 0.15) is 0 Å². The lowest BCUT2D eigenvalue weighted by molar-refractivity contribution is -0.143. The Morgan fingerprint density at radius 2 is 1.94 bits per heavy atom. The summed E-state index contributed by atoms with van der Waals surface area (Å²) < 4.78 is 20.9. The minimum atomic E-state index is -0.309. The first-order valence-corrected chi connectivity index (χ1v) is 10.8. The van der Waals surface area contributed by atoms with Gasteiger partial charge in [-0.15, -0.1) is 11.3 Å². The fraction of sp³-hybridized carbons (Fsp3) is 0.429. The summed E-state index contributed by atoms with van der Waals surface area (Å²) >= 11 is 1.35. The van der Waals surface area contributed by atoms with Crippen molar-refractivity contribution in [1.82, 2.24) is 4.98 Å². The molecule has 0 aliphatic carbocycles. The maximum Gasteiger partial charge on any atom is 0.311 e. The highest BCUT2D eigenvalue weighted by Crippen LogP contribution is 2.28. The molecule has 1 aromatic carbocycles. The smallest absolute Gasteiger partial charge is 0.311 e. The van der Waals surface area contributed by atoms with Gasteiger partial charge in [0.15, 0.2) is 11.5 Å². The van der Waals surface area contributed by atoms with E-state index in [1.807, 2.05) is 6.07 Å². The van der Waals surface area contributed by atoms with Crippen molar-refractivity contribution >= 4 is 34.6 Å². The number of esters is 2. The molecule has 1 aromatic heterocycles. The largest absolute Gasteiger partial charge is 0.493 e. The molecule has 0 saturated carbocycles. The summed E-state index contributed by atoms with van der Waals surface area (Å²) in [5.41, 5.74) is 4.26. The molecule has 1 N–H and O–H groups in total. The summed E-state index contributed by atoms with van der Waals surface area (Å²) in [7, 11) is 1.56. The van der Waals surface area contributed by atoms with Crippen LogP contribution in [0.1, 0.15) is 37.9 Å². The zero-order valence-electron chi connectivity index (χ0n) is 17.9. The van der Waals surface area contributed by atoms with Crippen molar-refractivity contribution in [3.63, 3.8) is 0 Å². The second kappa shape index (κ2) is 13.2. The summed E-state index contributed by atoms with van der Waals surface area (Å²) in [6, 6.07) is 5.41. The molecule has 0 aliphatic heterocycles. The third kappa shape index (κ3) is 8.63. The maximum absolute atomic E-state index is 11.5. The van der Waals surface area contributed by atoms with Crippen LogP contribution in [-0.4, -0.2) is 50.1 Å². The molecule has 10 heteroatoms. The molecule has 0 bridgehead atoms. The fourth-order valence-corrected chi connectivity index (χ4v) is 3.14. The number of carbonyl (C=O) groups excluding carboxylic acids is 2. The number of ether oxygens (including phenoxy) is 4. The van der Waals surface area contributed by atoms with Crippen LogP contribution in [-0.2, 0) is 25.5 Å². The SMILES string of the molecule is CCOC(=O)CCCOc1cc(C=NNc2nc(CC(=O)OCC)cs2)ccc1OC. The van der Waals surface area contributed by atoms with Crippen LogP contribution in [0.5, 0.6) is 11.5 Å². The van der Waals surface area contributed by atoms with E-state index in [0.29, 0.717) is 55.0 Å². The van der Waals surface area contributed by atoms with E-state index in [0.717, 1.165) is 5.56 Å². The third-order valence-electron chi connectivity index (χ3n) is 3.83. The van der Waals surface area contributed by atoms with Crippen LogP contribution in [0.15, 0.2) is 28.7 Å². The number of hydrazone groups is 1. The number of hydrogen-bond donors (Lipinski definition) is 1. The van der Waals surface area contributed by atoms with Gasteiger partial charge in [-0.2, -0.15) is 5.10 Å². The maximum atomic E-state index is 11.5. The summed E-state index contributed by atoms with van der Waals surface area (Å²) in [5, 5.41) is 6.53. The van der Waals surface area contributed by atoms with E-state index in [2.05, 4.69) is 15.5 Å². The predicted octanol–water partition coefficient (Wildman–Crippen LogP) is 3.43. The quantitative estimate of drug-likeness (QED) is 0.214. The Balaban J connectivity index is 1.89. The number of anilines is 1. The molecule has 168 valence electrons. The molecule has 0 spiro atoms. The highest BCUT2D eigenvalue weighted by atomic mass is 32.1. The zero-order chi connectivity index (χ0) is 22.5. The summed E-state index contributed by atoms with van der Waals surface area (Å²) in [5.74, 6) is 0.597. The van der Waals surface area contributed by atoms with Gasteiger partial charge in [0.05, 0.1) is 45.3 Å². The molecule has 0 unspecified atom stereocenters. The van der Waals surface area contributed by atoms with E-state index in [1.165, 1.54) is 11.3 Å². The number of rotatable bonds is 13. The Bertz CT molecular complexity index is 884. The minimum absolute atomic E-state index is 0.130. The van der Waals surface area contributed by atoms with Gasteiger partial charge in [-0.1, -0.05) is 0 Å². The van der Waals surface area contributed by atoms with Crippen molar-refractivity contribution in [3.8, 4) is 11.5 Å². The van der Waals surface area contributed by atoms with Gasteiger partial charge in [0.25, 0.3) is 0 Å². The molecular weight excluding hydrogens is 422 g/mol. The molecule has 0 aliphatic rings. The average Bonchev–Trinajstić information content (AvgIpc) is 3.18. The lowest BCUT2D eigenvalue weighted by Crippen LogP contribution is -2.07. The first kappa shape index (κ1) is 24.1. The predicted molar refractivity (Wildman–Crippen MR) is 118 cm³/mol. The van der Waals surface area contributed by atoms with Gasteiger partial charge in [0, 0.05) is 11.8 Å². The van der Waals surface area contributed by atoms with E-state index in [-0.39, 0.29) is 18.4 Å². The molecule has 31 heavy (non-hydrogen) atoms. The molecule has 0 saturated heterocycles. The highest BCUT2D eigenvalue weighted by Gasteiger charge is 2.09. The number of methoxy groups -OCH3 is 1. The molecule has 0 radical (unpaired) electrons. The Kier molecular flexibility index (Phi) is 10.3. The first-order valence-electron chi connectivity index (χ1n) is 9.91. The van der Waals surface area contributed by atoms with Crippen molar-refractivity contribution < 1.29 is 28.5 Å². The standard InChI is InChI=1S/C21H27N3O6S/c1-4-28-19(25)7-6-10-30-18-11-15(8-9-17(18)27-3)13-22-24-21-23-16(14-31-21)12-20(26)29-5-2/h8-9,11,13-14H,4-7,10,12H2,1-3H3,(H,23,24). The van der Waals surface area contributed by atoms with Crippen LogP contribution in [0, 0.1) is 0 Å². The Labute approximate surface area is 185 Å². The van der Waals surface area contributed by atoms with Crippen molar-refractivity contribution in [2.75, 3.05) is 32.4 Å². The second-order valence-corrected chi connectivity index (χ2v) is 7.02. The summed E-state index contributed by atoms with van der Waals surface area (Å²) in [6.45, 7) is 4.61. The van der Waals surface area contributed by atoms with E-state index in [4.69, 9.17) is 18.9 Å². The van der Waals surface area contributed by atoms with Crippen LogP contribution in [0.25, 0.3) is 0 Å². The average molecular weight is 450 g/mol. The number of aromatic nitrogens is 1. The van der Waals surface area contributed by atoms with Crippen LogP contribution < -0.4 is 14.9 Å². The van der Waals surface area contributed by atoms with Crippen LogP contribution in [0.4, 0.5) is 5.13 Å². The van der Waals surface area contributed by atoms with Gasteiger partial charge < -0.3 is 18.9 Å². The number of benzene rings is 1. The number of nitrogens with one attached hydrogen (secondary N) is 1. The molecule has 0 fully saturated rings. The van der Waals surface area contributed by atoms with Gasteiger partial charge in [-0.3, -0.25) is 15.0 Å². The van der Waals surface area contributed by atoms with E-state index >= 15 is 0 Å². The second-order valence-electron chi connectivity index (χ2n) is 6.16. The number of hydrogen-bond acceptors (Lipinski definition) is 10. The van der Waals surface area contributed by atoms with Crippen molar-refractivity contribution in [1.29, 1.82) is 0 Å². The molecule has 9 nitrogen and oxygen atoms in total. The minimum Gasteiger partial charge on any atom is -0.493 e. The first-order chi connectivity index (χ1) is 15.0. The van der Waals surface area contributed by atoms with Crippen LogP contribution in [0.3, 0.4) is 0 Å². The molecule has 0 amide bonds. The summed E-state index contributed by atoms with van der Waals surface area (Å²) in [4.78, 5) is 27.2. The molecular formula is C21H27N3O6S. The van der Waals surface area contributed by atoms with E-state index < -0.39 is 0 Å². The van der Waals surface area contributed by atoms with Gasteiger partial charge in [-0.05, 0) is 44.0 Å². The number of thiazole rings is 1. The topological polar surface area (TPSA) is 108 Å². The summed E-state index contributed by atoms with van der Waals surface area (Å²) in [6.07, 6.45) is 2.59. The van der Waals surface area contributed by atoms with E-state index in [9.17, 15) is 9.59 Å². The monoisotopic (exact) mass is 449 g/mol. The van der Waals surface area contributed by atoms with Gasteiger partial charge in [0.2, 0.25) is 5.13 Å². The normalized spacial score (nSPS) is 10.7. The van der Waals surface area contributed by atoms with Gasteiger partial charge in [-0.25, -0.2) is 4.98 Å². The highest BCUT2D eigenvalue weighted by molar-refractivity contribution is 7.13. The van der Waals surface area contributed by atoms with Crippen LogP contribution >= 0.6 is 11.3 Å². The molecule has 2 rings (SSSR count). The third-order valence-corrected chi connectivity index (χ3v) is 4.63. The van der Waals surface area contributed by atoms with E-state index in [1.54, 1.807) is 44.7 Å². The molecule has 2 aromatic rings. The van der Waals surface area contributed by atoms with Gasteiger partial charge >= 0.3 is 11.9 Å². The lowest BCUT2D eigenvalue weighted by atomic mass is 10.2. The Morgan fingerprint density at radius 3 is 2.68 bits per heavy atom.